The first kappa shape index (κ1) is 36.0. The predicted octanol–water partition coefficient (Wildman–Crippen LogP) is 2.92. The maximum absolute atomic E-state index is 14.9. The van der Waals surface area contributed by atoms with Crippen molar-refractivity contribution in [3.8, 4) is 0 Å². The molecule has 6 atom stereocenters. The van der Waals surface area contributed by atoms with Gasteiger partial charge in [-0.1, -0.05) is 121 Å². The van der Waals surface area contributed by atoms with Crippen LogP contribution in [0.1, 0.15) is 28.7 Å². The van der Waals surface area contributed by atoms with Crippen molar-refractivity contribution in [3.05, 3.63) is 144 Å². The van der Waals surface area contributed by atoms with Gasteiger partial charge in [0.05, 0.1) is 32.5 Å². The summed E-state index contributed by atoms with van der Waals surface area (Å²) in [6, 6.07) is 37.7. The van der Waals surface area contributed by atoms with Crippen molar-refractivity contribution < 1.29 is 59.9 Å². The molecule has 0 aliphatic carbocycles. The Kier molecular flexibility index (Phi) is 14.0. The van der Waals surface area contributed by atoms with E-state index in [4.69, 9.17) is 23.7 Å². The molecule has 1 unspecified atom stereocenters. The van der Waals surface area contributed by atoms with Crippen LogP contribution in [0.4, 0.5) is 4.39 Å². The molecule has 46 heavy (non-hydrogen) atoms. The van der Waals surface area contributed by atoms with E-state index in [2.05, 4.69) is 0 Å². The van der Waals surface area contributed by atoms with Crippen LogP contribution in [0.5, 0.6) is 0 Å². The van der Waals surface area contributed by atoms with Crippen LogP contribution in [-0.2, 0) is 60.2 Å². The van der Waals surface area contributed by atoms with Gasteiger partial charge in [-0.3, -0.25) is 0 Å². The molecular formula is C35H36FLiO8S. The first-order chi connectivity index (χ1) is 21.9. The molecule has 4 aromatic rings. The molecule has 0 saturated carbocycles. The summed E-state index contributed by atoms with van der Waals surface area (Å²) in [4.78, 5) is 0. The summed E-state index contributed by atoms with van der Waals surface area (Å²) >= 11 is 0. The number of hydrogen-bond acceptors (Lipinski definition) is 8. The van der Waals surface area contributed by atoms with Gasteiger partial charge in [0, 0.05) is 6.42 Å². The second-order valence-corrected chi connectivity index (χ2v) is 12.3. The molecule has 238 valence electrons. The average Bonchev–Trinajstić information content (AvgIpc) is 3.06. The van der Waals surface area contributed by atoms with E-state index < -0.39 is 52.7 Å². The van der Waals surface area contributed by atoms with Crippen LogP contribution >= 0.6 is 0 Å². The summed E-state index contributed by atoms with van der Waals surface area (Å²) < 4.78 is 81.7. The summed E-state index contributed by atoms with van der Waals surface area (Å²) in [5, 5.41) is 0. The van der Waals surface area contributed by atoms with Crippen LogP contribution in [-0.4, -0.2) is 49.2 Å². The standard InChI is InChI=1S/C35H37FO8S.Li/c36-31(45(37,38)39)21-30-32(40-22-26-13-5-1-6-14-26)33(41-23-27-15-7-2-8-16-27)34(42-24-28-17-9-3-10-18-28)35(44-30)43-25-29-19-11-4-12-20-29;/h1-20,30-35H,21-25H2,(H,37,38,39);/q;+1/p-1/t30-,31?,32-,33+,34-,35-;/m1./s1. The largest absolute Gasteiger partial charge is 1.00 e. The molecule has 0 bridgehead atoms. The zero-order valence-corrected chi connectivity index (χ0v) is 26.4. The van der Waals surface area contributed by atoms with Gasteiger partial charge in [-0.25, -0.2) is 12.8 Å². The first-order valence-corrected chi connectivity index (χ1v) is 16.2. The van der Waals surface area contributed by atoms with Gasteiger partial charge in [-0.05, 0) is 22.3 Å². The molecule has 0 aromatic heterocycles. The van der Waals surface area contributed by atoms with Gasteiger partial charge < -0.3 is 28.2 Å². The van der Waals surface area contributed by atoms with Gasteiger partial charge in [-0.2, -0.15) is 0 Å². The van der Waals surface area contributed by atoms with Crippen LogP contribution in [0.15, 0.2) is 121 Å². The van der Waals surface area contributed by atoms with Gasteiger partial charge in [-0.15, -0.1) is 0 Å². The van der Waals surface area contributed by atoms with E-state index in [1.807, 2.05) is 121 Å². The Balaban J connectivity index is 0.00000480. The molecule has 5 rings (SSSR count). The second kappa shape index (κ2) is 17.9. The van der Waals surface area contributed by atoms with Crippen molar-refractivity contribution in [2.75, 3.05) is 0 Å². The van der Waals surface area contributed by atoms with Crippen LogP contribution < -0.4 is 18.9 Å². The zero-order chi connectivity index (χ0) is 31.5. The van der Waals surface area contributed by atoms with Crippen molar-refractivity contribution in [2.45, 2.75) is 69.1 Å². The third-order valence-electron chi connectivity index (χ3n) is 7.43. The fourth-order valence-electron chi connectivity index (χ4n) is 5.12. The molecular weight excluding hydrogens is 606 g/mol. The fourth-order valence-corrected chi connectivity index (χ4v) is 5.55. The SMILES string of the molecule is O=S(=O)([O-])C(F)C[C@H]1O[C@@H](OCc2ccccc2)[C@H](OCc2ccccc2)[C@@H](OCc2ccccc2)[C@@H]1OCc1ccccc1.[Li+]. The predicted molar refractivity (Wildman–Crippen MR) is 164 cm³/mol. The molecule has 1 saturated heterocycles. The second-order valence-electron chi connectivity index (χ2n) is 10.8. The number of rotatable bonds is 15. The third-order valence-corrected chi connectivity index (χ3v) is 8.25. The van der Waals surface area contributed by atoms with E-state index in [0.717, 1.165) is 22.3 Å². The molecule has 1 aliphatic rings. The van der Waals surface area contributed by atoms with E-state index in [1.165, 1.54) is 0 Å². The minimum Gasteiger partial charge on any atom is -0.746 e. The van der Waals surface area contributed by atoms with Gasteiger partial charge in [0.2, 0.25) is 0 Å². The van der Waals surface area contributed by atoms with Crippen LogP contribution in [0.2, 0.25) is 0 Å². The summed E-state index contributed by atoms with van der Waals surface area (Å²) in [6.07, 6.45) is -5.91. The Hall–Kier alpha value is -2.88. The number of ether oxygens (including phenoxy) is 5. The number of hydrogen-bond donors (Lipinski definition) is 0. The monoisotopic (exact) mass is 642 g/mol. The summed E-state index contributed by atoms with van der Waals surface area (Å²) in [5.74, 6) is 0. The molecule has 11 heteroatoms. The Morgan fingerprint density at radius 1 is 0.587 bits per heavy atom. The molecule has 4 aromatic carbocycles. The van der Waals surface area contributed by atoms with Gasteiger partial charge in [0.25, 0.3) is 0 Å². The van der Waals surface area contributed by atoms with Crippen molar-refractivity contribution in [1.82, 2.24) is 0 Å². The number of halogens is 1. The van der Waals surface area contributed by atoms with Crippen molar-refractivity contribution in [3.63, 3.8) is 0 Å². The van der Waals surface area contributed by atoms with E-state index in [9.17, 15) is 17.4 Å². The Morgan fingerprint density at radius 3 is 1.33 bits per heavy atom. The van der Waals surface area contributed by atoms with Crippen molar-refractivity contribution in [2.24, 2.45) is 0 Å². The van der Waals surface area contributed by atoms with Crippen LogP contribution in [0.25, 0.3) is 0 Å². The summed E-state index contributed by atoms with van der Waals surface area (Å²) in [5.41, 5.74) is 0.726. The molecule has 1 heterocycles. The minimum absolute atomic E-state index is 0. The van der Waals surface area contributed by atoms with Gasteiger partial charge >= 0.3 is 18.9 Å². The first-order valence-electron chi connectivity index (χ1n) is 14.7. The molecule has 0 radical (unpaired) electrons. The zero-order valence-electron chi connectivity index (χ0n) is 25.6. The van der Waals surface area contributed by atoms with Gasteiger partial charge in [0.1, 0.15) is 28.4 Å². The summed E-state index contributed by atoms with van der Waals surface area (Å²) in [7, 11) is -5.26. The van der Waals surface area contributed by atoms with E-state index in [1.54, 1.807) is 0 Å². The van der Waals surface area contributed by atoms with E-state index in [-0.39, 0.29) is 45.3 Å². The molecule has 0 amide bonds. The van der Waals surface area contributed by atoms with E-state index >= 15 is 0 Å². The van der Waals surface area contributed by atoms with Crippen molar-refractivity contribution >= 4 is 10.1 Å². The maximum Gasteiger partial charge on any atom is 1.00 e. The van der Waals surface area contributed by atoms with Crippen LogP contribution in [0.3, 0.4) is 0 Å². The number of benzene rings is 4. The minimum atomic E-state index is -5.26. The number of alkyl halides is 1. The van der Waals surface area contributed by atoms with Crippen LogP contribution in [0, 0.1) is 0 Å². The Labute approximate surface area is 281 Å². The molecule has 1 aliphatic heterocycles. The third kappa shape index (κ3) is 10.6. The average molecular weight is 643 g/mol. The molecule has 8 nitrogen and oxygen atoms in total. The maximum atomic E-state index is 14.9. The van der Waals surface area contributed by atoms with Crippen molar-refractivity contribution in [1.29, 1.82) is 0 Å². The molecule has 0 N–H and O–H groups in total. The topological polar surface area (TPSA) is 103 Å². The smallest absolute Gasteiger partial charge is 0.746 e. The summed E-state index contributed by atoms with van der Waals surface area (Å²) in [6.45, 7) is 0.558. The van der Waals surface area contributed by atoms with E-state index in [0.29, 0.717) is 0 Å². The Morgan fingerprint density at radius 2 is 0.935 bits per heavy atom. The normalized spacial score (nSPS) is 22.1. The molecule has 1 fully saturated rings. The van der Waals surface area contributed by atoms with Gasteiger partial charge in [0.15, 0.2) is 11.8 Å². The molecule has 0 spiro atoms. The Bertz CT molecular complexity index is 1530. The quantitative estimate of drug-likeness (QED) is 0.144. The fraction of sp³-hybridized carbons (Fsp3) is 0.314.